The highest BCUT2D eigenvalue weighted by atomic mass is 16.2. The third kappa shape index (κ3) is 0.846. The van der Waals surface area contributed by atoms with Gasteiger partial charge in [0.15, 0.2) is 0 Å². The molecule has 0 aromatic carbocycles. The lowest BCUT2D eigenvalue weighted by molar-refractivity contribution is -0.122. The number of nitrogens with one attached hydrogen (secondary N) is 1. The van der Waals surface area contributed by atoms with Crippen LogP contribution in [-0.2, 0) is 4.79 Å². The molecule has 0 aliphatic carbocycles. The maximum Gasteiger partial charge on any atom is 0.227 e. The van der Waals surface area contributed by atoms with E-state index in [2.05, 4.69) is 11.9 Å². The van der Waals surface area contributed by atoms with Crippen LogP contribution in [0.1, 0.15) is 13.8 Å². The Balaban J connectivity index is 2.77. The summed E-state index contributed by atoms with van der Waals surface area (Å²) >= 11 is 0. The molecule has 1 rings (SSSR count). The first-order chi connectivity index (χ1) is 4.13. The maximum atomic E-state index is 10.8. The van der Waals surface area contributed by atoms with Gasteiger partial charge in [-0.15, -0.1) is 0 Å². The van der Waals surface area contributed by atoms with E-state index in [0.29, 0.717) is 5.92 Å². The molecule has 1 fully saturated rings. The minimum Gasteiger partial charge on any atom is -0.330 e. The predicted molar refractivity (Wildman–Crippen MR) is 35.6 cm³/mol. The van der Waals surface area contributed by atoms with Crippen molar-refractivity contribution in [2.45, 2.75) is 13.8 Å². The van der Waals surface area contributed by atoms with Crippen LogP contribution < -0.4 is 5.32 Å². The van der Waals surface area contributed by atoms with Gasteiger partial charge in [-0.3, -0.25) is 4.79 Å². The lowest BCUT2D eigenvalue weighted by Gasteiger charge is -2.02. The van der Waals surface area contributed by atoms with E-state index < -0.39 is 0 Å². The van der Waals surface area contributed by atoms with Gasteiger partial charge >= 0.3 is 0 Å². The van der Waals surface area contributed by atoms with Crippen LogP contribution in [0.5, 0.6) is 0 Å². The molecule has 1 saturated heterocycles. The van der Waals surface area contributed by atoms with Crippen molar-refractivity contribution in [3.05, 3.63) is 12.3 Å². The first-order valence-electron chi connectivity index (χ1n) is 3.12. The summed E-state index contributed by atoms with van der Waals surface area (Å²) in [7, 11) is 0. The molecule has 1 aliphatic rings. The molecular formula is C7H11NO. The number of allylic oxidation sites excluding steroid dienone is 1. The monoisotopic (exact) mass is 125 g/mol. The summed E-state index contributed by atoms with van der Waals surface area (Å²) in [5.74, 6) is 0.516. The Bertz CT molecular complexity index is 144. The molecular weight excluding hydrogens is 114 g/mol. The van der Waals surface area contributed by atoms with Crippen molar-refractivity contribution in [2.24, 2.45) is 11.8 Å². The summed E-state index contributed by atoms with van der Waals surface area (Å²) in [6.07, 6.45) is 0. The van der Waals surface area contributed by atoms with Crippen LogP contribution in [0.2, 0.25) is 0 Å². The summed E-state index contributed by atoms with van der Waals surface area (Å²) in [5, 5.41) is 2.68. The van der Waals surface area contributed by atoms with Crippen LogP contribution in [0.3, 0.4) is 0 Å². The SMILES string of the molecule is C=C1NC(=O)[C@@H](C)[C@H]1C. The third-order valence-corrected chi connectivity index (χ3v) is 2.00. The summed E-state index contributed by atoms with van der Waals surface area (Å²) in [6, 6.07) is 0. The predicted octanol–water partition coefficient (Wildman–Crippen LogP) is 0.902. The van der Waals surface area contributed by atoms with Gasteiger partial charge in [0.25, 0.3) is 0 Å². The zero-order valence-corrected chi connectivity index (χ0v) is 5.77. The van der Waals surface area contributed by atoms with Gasteiger partial charge < -0.3 is 5.32 Å². The van der Waals surface area contributed by atoms with Crippen LogP contribution in [0, 0.1) is 11.8 Å². The zero-order chi connectivity index (χ0) is 7.02. The van der Waals surface area contributed by atoms with Crippen molar-refractivity contribution in [3.63, 3.8) is 0 Å². The van der Waals surface area contributed by atoms with Crippen LogP contribution >= 0.6 is 0 Å². The Labute approximate surface area is 54.9 Å². The highest BCUT2D eigenvalue weighted by Gasteiger charge is 2.29. The Morgan fingerprint density at radius 2 is 2.00 bits per heavy atom. The van der Waals surface area contributed by atoms with Gasteiger partial charge in [0.05, 0.1) is 0 Å². The molecule has 0 radical (unpaired) electrons. The van der Waals surface area contributed by atoms with Crippen LogP contribution in [0.4, 0.5) is 0 Å². The molecule has 0 spiro atoms. The van der Waals surface area contributed by atoms with Gasteiger partial charge in [0, 0.05) is 17.5 Å². The first-order valence-corrected chi connectivity index (χ1v) is 3.12. The molecule has 50 valence electrons. The Kier molecular flexibility index (Phi) is 1.31. The first kappa shape index (κ1) is 6.33. The lowest BCUT2D eigenvalue weighted by Crippen LogP contribution is -2.16. The lowest BCUT2D eigenvalue weighted by atomic mass is 9.98. The van der Waals surface area contributed by atoms with Gasteiger partial charge in [0.2, 0.25) is 5.91 Å². The maximum absolute atomic E-state index is 10.8. The average molecular weight is 125 g/mol. The second kappa shape index (κ2) is 1.87. The highest BCUT2D eigenvalue weighted by Crippen LogP contribution is 2.23. The van der Waals surface area contributed by atoms with Crippen LogP contribution in [0.15, 0.2) is 12.3 Å². The molecule has 2 nitrogen and oxygen atoms in total. The second-order valence-electron chi connectivity index (χ2n) is 2.59. The summed E-state index contributed by atoms with van der Waals surface area (Å²) in [5.41, 5.74) is 0.854. The normalized spacial score (nSPS) is 34.9. The zero-order valence-electron chi connectivity index (χ0n) is 5.77. The number of carbonyl (C=O) groups is 1. The van der Waals surface area contributed by atoms with Gasteiger partial charge in [0.1, 0.15) is 0 Å². The molecule has 2 atom stereocenters. The van der Waals surface area contributed by atoms with E-state index >= 15 is 0 Å². The van der Waals surface area contributed by atoms with Gasteiger partial charge in [-0.05, 0) is 0 Å². The molecule has 0 bridgehead atoms. The number of rotatable bonds is 0. The smallest absolute Gasteiger partial charge is 0.227 e. The molecule has 1 heterocycles. The van der Waals surface area contributed by atoms with Crippen molar-refractivity contribution in [1.29, 1.82) is 0 Å². The number of hydrogen-bond acceptors (Lipinski definition) is 1. The van der Waals surface area contributed by atoms with Crippen molar-refractivity contribution in [2.75, 3.05) is 0 Å². The Hall–Kier alpha value is -0.790. The van der Waals surface area contributed by atoms with Crippen molar-refractivity contribution >= 4 is 5.91 Å². The average Bonchev–Trinajstić information content (AvgIpc) is 1.98. The highest BCUT2D eigenvalue weighted by molar-refractivity contribution is 5.83. The fourth-order valence-corrected chi connectivity index (χ4v) is 0.915. The van der Waals surface area contributed by atoms with E-state index in [1.807, 2.05) is 13.8 Å². The summed E-state index contributed by atoms with van der Waals surface area (Å²) in [4.78, 5) is 10.8. The molecule has 0 unspecified atom stereocenters. The van der Waals surface area contributed by atoms with Gasteiger partial charge in [-0.2, -0.15) is 0 Å². The summed E-state index contributed by atoms with van der Waals surface area (Å²) < 4.78 is 0. The Morgan fingerprint density at radius 3 is 2.11 bits per heavy atom. The van der Waals surface area contributed by atoms with Crippen molar-refractivity contribution in [1.82, 2.24) is 5.32 Å². The van der Waals surface area contributed by atoms with E-state index in [9.17, 15) is 4.79 Å². The van der Waals surface area contributed by atoms with E-state index in [-0.39, 0.29) is 11.8 Å². The molecule has 2 heteroatoms. The fraction of sp³-hybridized carbons (Fsp3) is 0.571. The van der Waals surface area contributed by atoms with Crippen molar-refractivity contribution < 1.29 is 4.79 Å². The topological polar surface area (TPSA) is 29.1 Å². The minimum atomic E-state index is 0.104. The molecule has 1 aliphatic heterocycles. The van der Waals surface area contributed by atoms with Gasteiger partial charge in [-0.25, -0.2) is 0 Å². The molecule has 0 aromatic rings. The Morgan fingerprint density at radius 1 is 1.44 bits per heavy atom. The quantitative estimate of drug-likeness (QED) is 0.512. The second-order valence-corrected chi connectivity index (χ2v) is 2.59. The molecule has 1 amide bonds. The standard InChI is InChI=1S/C7H11NO/c1-4-5(2)7(9)8-6(4)3/h4-5H,3H2,1-2H3,(H,8,9)/t4-,5+/m1/s1. The van der Waals surface area contributed by atoms with Crippen LogP contribution in [-0.4, -0.2) is 5.91 Å². The number of amides is 1. The number of hydrogen-bond donors (Lipinski definition) is 1. The fourth-order valence-electron chi connectivity index (χ4n) is 0.915. The van der Waals surface area contributed by atoms with Gasteiger partial charge in [-0.1, -0.05) is 20.4 Å². The minimum absolute atomic E-state index is 0.104. The van der Waals surface area contributed by atoms with E-state index in [1.54, 1.807) is 0 Å². The third-order valence-electron chi connectivity index (χ3n) is 2.00. The van der Waals surface area contributed by atoms with E-state index in [0.717, 1.165) is 5.70 Å². The molecule has 0 aromatic heterocycles. The van der Waals surface area contributed by atoms with Crippen molar-refractivity contribution in [3.8, 4) is 0 Å². The van der Waals surface area contributed by atoms with E-state index in [1.165, 1.54) is 0 Å². The molecule has 0 saturated carbocycles. The van der Waals surface area contributed by atoms with E-state index in [4.69, 9.17) is 0 Å². The summed E-state index contributed by atoms with van der Waals surface area (Å²) in [6.45, 7) is 7.62. The van der Waals surface area contributed by atoms with Crippen LogP contribution in [0.25, 0.3) is 0 Å². The molecule has 9 heavy (non-hydrogen) atoms. The molecule has 1 N–H and O–H groups in total. The largest absolute Gasteiger partial charge is 0.330 e. The number of carbonyl (C=O) groups excluding carboxylic acids is 1.